The number of amides is 1. The Morgan fingerprint density at radius 1 is 1.29 bits per heavy atom. The highest BCUT2D eigenvalue weighted by Crippen LogP contribution is 2.42. The van der Waals surface area contributed by atoms with Gasteiger partial charge in [-0.2, -0.15) is 0 Å². The molecule has 2 saturated heterocycles. The van der Waals surface area contributed by atoms with E-state index in [1.54, 1.807) is 11.0 Å². The zero-order valence-electron chi connectivity index (χ0n) is 14.5. The van der Waals surface area contributed by atoms with Gasteiger partial charge in [-0.3, -0.25) is 9.59 Å². The predicted octanol–water partition coefficient (Wildman–Crippen LogP) is 1.23. The van der Waals surface area contributed by atoms with Crippen molar-refractivity contribution >= 4 is 17.6 Å². The van der Waals surface area contributed by atoms with E-state index in [1.807, 2.05) is 44.2 Å². The van der Waals surface area contributed by atoms with Gasteiger partial charge >= 0.3 is 5.97 Å². The number of carboxylic acid groups (broad SMARTS) is 1. The monoisotopic (exact) mass is 331 g/mol. The van der Waals surface area contributed by atoms with Crippen LogP contribution in [0.4, 0.5) is 5.69 Å². The molecule has 0 aromatic heterocycles. The van der Waals surface area contributed by atoms with Gasteiger partial charge in [0.15, 0.2) is 0 Å². The first-order chi connectivity index (χ1) is 11.3. The van der Waals surface area contributed by atoms with Crippen molar-refractivity contribution in [1.29, 1.82) is 0 Å². The summed E-state index contributed by atoms with van der Waals surface area (Å²) < 4.78 is 0. The molecule has 0 aliphatic carbocycles. The van der Waals surface area contributed by atoms with E-state index in [0.29, 0.717) is 25.2 Å². The molecule has 0 bridgehead atoms. The Labute approximate surface area is 142 Å². The van der Waals surface area contributed by atoms with Crippen molar-refractivity contribution in [3.8, 4) is 0 Å². The summed E-state index contributed by atoms with van der Waals surface area (Å²) in [6.07, 6.45) is 0.824. The van der Waals surface area contributed by atoms with Gasteiger partial charge in [0.2, 0.25) is 0 Å². The molecule has 6 heteroatoms. The molecule has 0 saturated carbocycles. The minimum atomic E-state index is -0.832. The van der Waals surface area contributed by atoms with E-state index in [2.05, 4.69) is 4.90 Å². The van der Waals surface area contributed by atoms with Crippen molar-refractivity contribution in [2.45, 2.75) is 6.42 Å². The maximum absolute atomic E-state index is 12.9. The van der Waals surface area contributed by atoms with Crippen LogP contribution < -0.4 is 4.90 Å². The van der Waals surface area contributed by atoms with E-state index in [9.17, 15) is 14.7 Å². The normalized spacial score (nSPS) is 27.0. The van der Waals surface area contributed by atoms with Gasteiger partial charge < -0.3 is 19.8 Å². The average molecular weight is 331 g/mol. The Hall–Kier alpha value is -2.08. The molecule has 2 atom stereocenters. The Morgan fingerprint density at radius 2 is 2.04 bits per heavy atom. The lowest BCUT2D eigenvalue weighted by molar-refractivity contribution is -0.153. The Balaban J connectivity index is 1.85. The van der Waals surface area contributed by atoms with Crippen molar-refractivity contribution in [2.24, 2.45) is 11.3 Å². The largest absolute Gasteiger partial charge is 0.481 e. The Morgan fingerprint density at radius 3 is 2.71 bits per heavy atom. The number of piperidine rings is 1. The SMILES string of the molecule is CN1CC[C@H]2CN(C(=O)c3cccc(N(C)C)c3)C[C@@]2(C(=O)O)C1. The van der Waals surface area contributed by atoms with Crippen LogP contribution in [0.1, 0.15) is 16.8 Å². The van der Waals surface area contributed by atoms with Crippen LogP contribution in [0, 0.1) is 11.3 Å². The molecule has 1 aromatic rings. The number of nitrogens with zero attached hydrogens (tertiary/aromatic N) is 3. The number of carbonyl (C=O) groups is 2. The second-order valence-electron chi connectivity index (χ2n) is 7.32. The molecule has 6 nitrogen and oxygen atoms in total. The highest BCUT2D eigenvalue weighted by Gasteiger charge is 2.55. The molecule has 2 aliphatic heterocycles. The van der Waals surface area contributed by atoms with E-state index in [1.165, 1.54) is 0 Å². The van der Waals surface area contributed by atoms with Crippen LogP contribution in [0.3, 0.4) is 0 Å². The van der Waals surface area contributed by atoms with E-state index >= 15 is 0 Å². The van der Waals surface area contributed by atoms with Gasteiger partial charge in [-0.05, 0) is 44.1 Å². The first kappa shape index (κ1) is 16.8. The molecule has 1 N–H and O–H groups in total. The third-order valence-electron chi connectivity index (χ3n) is 5.43. The summed E-state index contributed by atoms with van der Waals surface area (Å²) in [7, 11) is 5.82. The minimum absolute atomic E-state index is 0.0344. The number of carbonyl (C=O) groups excluding carboxylic acids is 1. The fraction of sp³-hybridized carbons (Fsp3) is 0.556. The van der Waals surface area contributed by atoms with Crippen LogP contribution in [0.2, 0.25) is 0 Å². The Kier molecular flexibility index (Phi) is 4.25. The fourth-order valence-corrected chi connectivity index (χ4v) is 4.02. The number of fused-ring (bicyclic) bond motifs is 1. The number of hydrogen-bond acceptors (Lipinski definition) is 4. The molecule has 0 radical (unpaired) electrons. The highest BCUT2D eigenvalue weighted by atomic mass is 16.4. The second-order valence-corrected chi connectivity index (χ2v) is 7.32. The molecule has 3 rings (SSSR count). The summed E-state index contributed by atoms with van der Waals surface area (Å²) in [5.74, 6) is -0.819. The third-order valence-corrected chi connectivity index (χ3v) is 5.43. The molecular weight excluding hydrogens is 306 g/mol. The lowest BCUT2D eigenvalue weighted by atomic mass is 9.73. The number of rotatable bonds is 3. The van der Waals surface area contributed by atoms with Gasteiger partial charge in [0.25, 0.3) is 5.91 Å². The van der Waals surface area contributed by atoms with E-state index in [0.717, 1.165) is 18.7 Å². The van der Waals surface area contributed by atoms with Crippen LogP contribution in [0.25, 0.3) is 0 Å². The molecule has 2 heterocycles. The van der Waals surface area contributed by atoms with Gasteiger partial charge in [0, 0.05) is 45.0 Å². The third kappa shape index (κ3) is 2.75. The molecule has 1 aromatic carbocycles. The molecule has 130 valence electrons. The Bertz CT molecular complexity index is 661. The van der Waals surface area contributed by atoms with Crippen molar-refractivity contribution in [2.75, 3.05) is 52.2 Å². The molecule has 2 aliphatic rings. The van der Waals surface area contributed by atoms with Crippen molar-refractivity contribution in [3.63, 3.8) is 0 Å². The lowest BCUT2D eigenvalue weighted by Gasteiger charge is -2.39. The molecule has 2 fully saturated rings. The number of carboxylic acids is 1. The van der Waals surface area contributed by atoms with Crippen LogP contribution in [0.5, 0.6) is 0 Å². The molecule has 0 spiro atoms. The average Bonchev–Trinajstić information content (AvgIpc) is 2.94. The topological polar surface area (TPSA) is 64.1 Å². The number of likely N-dealkylation sites (tertiary alicyclic amines) is 2. The molecular formula is C18H25N3O3. The maximum Gasteiger partial charge on any atom is 0.313 e. The van der Waals surface area contributed by atoms with E-state index in [-0.39, 0.29) is 11.8 Å². The minimum Gasteiger partial charge on any atom is -0.481 e. The summed E-state index contributed by atoms with van der Waals surface area (Å²) in [5.41, 5.74) is 0.751. The molecule has 1 amide bonds. The van der Waals surface area contributed by atoms with Gasteiger partial charge in [-0.15, -0.1) is 0 Å². The van der Waals surface area contributed by atoms with Crippen LogP contribution in [0.15, 0.2) is 24.3 Å². The zero-order chi connectivity index (χ0) is 17.5. The number of hydrogen-bond donors (Lipinski definition) is 1. The van der Waals surface area contributed by atoms with Crippen LogP contribution in [-0.4, -0.2) is 74.1 Å². The van der Waals surface area contributed by atoms with Gasteiger partial charge in [0.1, 0.15) is 5.41 Å². The highest BCUT2D eigenvalue weighted by molar-refractivity contribution is 5.96. The smallest absolute Gasteiger partial charge is 0.313 e. The number of anilines is 1. The summed E-state index contributed by atoms with van der Waals surface area (Å²) in [4.78, 5) is 30.6. The lowest BCUT2D eigenvalue weighted by Crippen LogP contribution is -2.52. The fourth-order valence-electron chi connectivity index (χ4n) is 4.02. The van der Waals surface area contributed by atoms with Crippen molar-refractivity contribution < 1.29 is 14.7 Å². The second kappa shape index (κ2) is 6.09. The van der Waals surface area contributed by atoms with E-state index < -0.39 is 11.4 Å². The summed E-state index contributed by atoms with van der Waals surface area (Å²) in [6.45, 7) is 2.22. The van der Waals surface area contributed by atoms with Crippen molar-refractivity contribution in [1.82, 2.24) is 9.80 Å². The van der Waals surface area contributed by atoms with E-state index in [4.69, 9.17) is 0 Å². The quantitative estimate of drug-likeness (QED) is 0.903. The molecule has 24 heavy (non-hydrogen) atoms. The summed E-state index contributed by atoms with van der Waals surface area (Å²) >= 11 is 0. The van der Waals surface area contributed by atoms with Crippen molar-refractivity contribution in [3.05, 3.63) is 29.8 Å². The summed E-state index contributed by atoms with van der Waals surface area (Å²) in [6, 6.07) is 7.49. The molecule has 0 unspecified atom stereocenters. The first-order valence-corrected chi connectivity index (χ1v) is 8.32. The van der Waals surface area contributed by atoms with Crippen LogP contribution >= 0.6 is 0 Å². The first-order valence-electron chi connectivity index (χ1n) is 8.32. The predicted molar refractivity (Wildman–Crippen MR) is 92.3 cm³/mol. The zero-order valence-corrected chi connectivity index (χ0v) is 14.5. The standard InChI is InChI=1S/C18H25N3O3/c1-19(2)15-6-4-5-13(9-15)16(22)21-10-14-7-8-20(3)11-18(14,12-21)17(23)24/h4-6,9,14H,7-8,10-12H2,1-3H3,(H,23,24)/t14-,18-/m0/s1. The van der Waals surface area contributed by atoms with Gasteiger partial charge in [-0.25, -0.2) is 0 Å². The number of aliphatic carboxylic acids is 1. The van der Waals surface area contributed by atoms with Crippen LogP contribution in [-0.2, 0) is 4.79 Å². The maximum atomic E-state index is 12.9. The summed E-state index contributed by atoms with van der Waals surface area (Å²) in [5, 5.41) is 9.83. The van der Waals surface area contributed by atoms with Gasteiger partial charge in [0.05, 0.1) is 0 Å². The van der Waals surface area contributed by atoms with Gasteiger partial charge in [-0.1, -0.05) is 6.07 Å². The number of benzene rings is 1.